The number of rotatable bonds is 29. The number of anilines is 1. The van der Waals surface area contributed by atoms with Crippen LogP contribution in [0.15, 0.2) is 12.7 Å². The van der Waals surface area contributed by atoms with Crippen molar-refractivity contribution < 1.29 is 90.7 Å². The van der Waals surface area contributed by atoms with E-state index in [1.54, 1.807) is 0 Å². The fraction of sp³-hybridized carbons (Fsp3) is 0.758. The van der Waals surface area contributed by atoms with Crippen LogP contribution in [0.3, 0.4) is 0 Å². The molecule has 1 fully saturated rings. The lowest BCUT2D eigenvalue weighted by Crippen LogP contribution is -2.46. The van der Waals surface area contributed by atoms with E-state index in [9.17, 15) is 68.1 Å². The number of aliphatic hydroxyl groups is 4. The normalized spacial score (nSPS) is 21.6. The second kappa shape index (κ2) is 24.8. The van der Waals surface area contributed by atoms with Crippen molar-refractivity contribution in [3.63, 3.8) is 0 Å². The van der Waals surface area contributed by atoms with Crippen LogP contribution in [0.4, 0.5) is 5.82 Å². The average molecular weight is 982 g/mol. The first kappa shape index (κ1) is 54.8. The topological polar surface area (TPSA) is 404 Å². The maximum atomic E-state index is 12.7. The molecule has 0 spiro atoms. The van der Waals surface area contributed by atoms with E-state index in [0.29, 0.717) is 25.7 Å². The molecule has 9 atom stereocenters. The summed E-state index contributed by atoms with van der Waals surface area (Å²) in [5.74, 6) is -1.31. The highest BCUT2D eigenvalue weighted by Gasteiger charge is 2.50. The van der Waals surface area contributed by atoms with E-state index in [1.165, 1.54) is 13.8 Å². The average Bonchev–Trinajstić information content (AvgIpc) is 3.74. The van der Waals surface area contributed by atoms with Crippen molar-refractivity contribution in [3.8, 4) is 0 Å². The number of phosphoric acid groups is 3. The minimum Gasteiger partial charge on any atom is -0.393 e. The molecule has 1 saturated heterocycles. The molecule has 360 valence electrons. The molecule has 1 aliphatic rings. The van der Waals surface area contributed by atoms with Gasteiger partial charge in [-0.25, -0.2) is 28.6 Å². The number of phosphoric ester groups is 3. The highest BCUT2D eigenvalue weighted by atomic mass is 32.2. The summed E-state index contributed by atoms with van der Waals surface area (Å²) in [5, 5.41) is 46.3. The molecule has 0 aliphatic carbocycles. The highest BCUT2D eigenvalue weighted by molar-refractivity contribution is 8.13. The number of carbonyl (C=O) groups excluding carboxylic acids is 3. The number of ether oxygens (including phenoxy) is 1. The van der Waals surface area contributed by atoms with Gasteiger partial charge in [-0.05, 0) is 25.7 Å². The Balaban J connectivity index is 1.39. The summed E-state index contributed by atoms with van der Waals surface area (Å²) >= 11 is 0.943. The zero-order valence-corrected chi connectivity index (χ0v) is 38.3. The maximum Gasteiger partial charge on any atom is 0.481 e. The molecular formula is C33H58N7O19P3S. The first-order chi connectivity index (χ1) is 29.3. The Hall–Kier alpha value is -2.52. The van der Waals surface area contributed by atoms with E-state index in [1.807, 2.05) is 0 Å². The minimum absolute atomic E-state index is 0.0232. The molecule has 0 saturated carbocycles. The van der Waals surface area contributed by atoms with E-state index in [2.05, 4.69) is 41.3 Å². The second-order valence-electron chi connectivity index (χ2n) is 15.2. The van der Waals surface area contributed by atoms with Crippen LogP contribution in [-0.4, -0.2) is 145 Å². The Morgan fingerprint density at radius 3 is 2.30 bits per heavy atom. The molecule has 0 bridgehead atoms. The van der Waals surface area contributed by atoms with Gasteiger partial charge in [0.1, 0.15) is 36.3 Å². The van der Waals surface area contributed by atoms with Crippen molar-refractivity contribution in [2.45, 2.75) is 121 Å². The van der Waals surface area contributed by atoms with Crippen LogP contribution in [0, 0.1) is 5.41 Å². The van der Waals surface area contributed by atoms with Gasteiger partial charge in [0.15, 0.2) is 22.8 Å². The largest absolute Gasteiger partial charge is 0.481 e. The van der Waals surface area contributed by atoms with E-state index in [0.717, 1.165) is 48.2 Å². The molecule has 2 aromatic rings. The van der Waals surface area contributed by atoms with Gasteiger partial charge in [0.25, 0.3) is 0 Å². The molecule has 0 radical (unpaired) electrons. The van der Waals surface area contributed by atoms with Crippen LogP contribution in [-0.2, 0) is 50.7 Å². The zero-order valence-electron chi connectivity index (χ0n) is 34.8. The molecule has 9 unspecified atom stereocenters. The van der Waals surface area contributed by atoms with Gasteiger partial charge >= 0.3 is 23.5 Å². The summed E-state index contributed by atoms with van der Waals surface area (Å²) in [7, 11) is -16.5. The molecular weight excluding hydrogens is 923 g/mol. The van der Waals surface area contributed by atoms with Crippen LogP contribution in [0.1, 0.15) is 84.8 Å². The van der Waals surface area contributed by atoms with Crippen molar-refractivity contribution >= 4 is 69.1 Å². The quantitative estimate of drug-likeness (QED) is 0.0391. The summed E-state index contributed by atoms with van der Waals surface area (Å²) in [6.07, 6.45) is -3.06. The molecule has 2 aromatic heterocycles. The van der Waals surface area contributed by atoms with Gasteiger partial charge in [-0.2, -0.15) is 4.31 Å². The number of carbonyl (C=O) groups is 3. The molecule has 63 heavy (non-hydrogen) atoms. The second-order valence-corrected chi connectivity index (χ2v) is 20.6. The summed E-state index contributed by atoms with van der Waals surface area (Å²) in [4.78, 5) is 88.1. The Bertz CT molecular complexity index is 1960. The van der Waals surface area contributed by atoms with Crippen LogP contribution in [0.5, 0.6) is 0 Å². The maximum absolute atomic E-state index is 12.7. The van der Waals surface area contributed by atoms with Gasteiger partial charge in [-0.3, -0.25) is 32.5 Å². The first-order valence-electron chi connectivity index (χ1n) is 19.8. The van der Waals surface area contributed by atoms with Crippen molar-refractivity contribution in [3.05, 3.63) is 12.7 Å². The number of nitrogens with two attached hydrogens (primary N) is 1. The number of hydrogen-bond donors (Lipinski definition) is 11. The Morgan fingerprint density at radius 2 is 1.62 bits per heavy atom. The van der Waals surface area contributed by atoms with Crippen LogP contribution < -0.4 is 16.4 Å². The lowest BCUT2D eigenvalue weighted by molar-refractivity contribution is -0.137. The molecule has 0 aromatic carbocycles. The van der Waals surface area contributed by atoms with Gasteiger partial charge in [-0.1, -0.05) is 51.8 Å². The molecule has 3 heterocycles. The van der Waals surface area contributed by atoms with Gasteiger partial charge < -0.3 is 61.1 Å². The van der Waals surface area contributed by atoms with Gasteiger partial charge in [0.05, 0.1) is 31.7 Å². The highest BCUT2D eigenvalue weighted by Crippen LogP contribution is 2.61. The number of aromatic nitrogens is 4. The van der Waals surface area contributed by atoms with Crippen LogP contribution in [0.25, 0.3) is 11.2 Å². The number of hydrogen-bond acceptors (Lipinski definition) is 20. The van der Waals surface area contributed by atoms with E-state index in [4.69, 9.17) is 19.5 Å². The number of nitrogens with one attached hydrogen (secondary N) is 2. The molecule has 2 amide bonds. The molecule has 3 rings (SSSR count). The number of thioether (sulfide) groups is 1. The number of nitrogen functional groups attached to an aromatic ring is 1. The lowest BCUT2D eigenvalue weighted by Gasteiger charge is -2.30. The molecule has 26 nitrogen and oxygen atoms in total. The molecule has 12 N–H and O–H groups in total. The number of nitrogens with zero attached hydrogens (tertiary/aromatic N) is 4. The fourth-order valence-electron chi connectivity index (χ4n) is 6.01. The van der Waals surface area contributed by atoms with Crippen LogP contribution in [0.2, 0.25) is 0 Å². The van der Waals surface area contributed by atoms with Crippen molar-refractivity contribution in [2.75, 3.05) is 37.8 Å². The SMILES string of the molecule is CCCCCC(O)CCCC(O)CC(=O)SCCNC(=O)CCNC(=O)C(O)C(C)(C)COP(=O)(O)OP(=O)(O)OCC1OC(n2cnc3c(N)ncnc32)C(O)C1OP(=O)(O)O. The molecule has 30 heteroatoms. The number of aliphatic hydroxyl groups excluding tert-OH is 4. The fourth-order valence-corrected chi connectivity index (χ4v) is 9.58. The van der Waals surface area contributed by atoms with Gasteiger partial charge in [0.2, 0.25) is 11.8 Å². The third-order valence-electron chi connectivity index (χ3n) is 9.38. The van der Waals surface area contributed by atoms with Crippen LogP contribution >= 0.6 is 35.2 Å². The molecule has 1 aliphatic heterocycles. The first-order valence-corrected chi connectivity index (χ1v) is 25.3. The number of fused-ring (bicyclic) bond motifs is 1. The standard InChI is InChI=1S/C33H58N7O19P3S/c1-4-5-6-8-20(41)9-7-10-21(42)15-24(44)63-14-13-35-23(43)11-12-36-31(47)28(46)33(2,3)17-56-62(53,54)59-61(51,52)55-16-22-27(58-60(48,49)50)26(45)32(57-22)40-19-39-25-29(34)37-18-38-30(25)40/h18-22,26-28,32,41-42,45-46H,4-17H2,1-3H3,(H,35,43)(H,36,47)(H,51,52)(H,53,54)(H2,34,37,38)(H2,48,49,50). The monoisotopic (exact) mass is 981 g/mol. The van der Waals surface area contributed by atoms with Gasteiger partial charge in [0, 0.05) is 37.1 Å². The number of imidazole rings is 1. The predicted molar refractivity (Wildman–Crippen MR) is 222 cm³/mol. The summed E-state index contributed by atoms with van der Waals surface area (Å²) < 4.78 is 62.2. The minimum atomic E-state index is -5.59. The van der Waals surface area contributed by atoms with E-state index >= 15 is 0 Å². The Labute approximate surface area is 366 Å². The van der Waals surface area contributed by atoms with Crippen molar-refractivity contribution in [1.82, 2.24) is 30.2 Å². The predicted octanol–water partition coefficient (Wildman–Crippen LogP) is 0.527. The number of amides is 2. The summed E-state index contributed by atoms with van der Waals surface area (Å²) in [5.41, 5.74) is 4.23. The van der Waals surface area contributed by atoms with Crippen molar-refractivity contribution in [1.29, 1.82) is 0 Å². The van der Waals surface area contributed by atoms with Crippen molar-refractivity contribution in [2.24, 2.45) is 5.41 Å². The number of unbranched alkanes of at least 4 members (excludes halogenated alkanes) is 2. The summed E-state index contributed by atoms with van der Waals surface area (Å²) in [6.45, 7) is 2.38. The Morgan fingerprint density at radius 1 is 0.952 bits per heavy atom. The Kier molecular flexibility index (Phi) is 21.6. The third kappa shape index (κ3) is 18.7. The summed E-state index contributed by atoms with van der Waals surface area (Å²) in [6, 6.07) is 0. The van der Waals surface area contributed by atoms with E-state index in [-0.39, 0.29) is 53.8 Å². The van der Waals surface area contributed by atoms with E-state index < -0.39 is 96.8 Å². The third-order valence-corrected chi connectivity index (χ3v) is 13.4. The zero-order chi connectivity index (χ0) is 47.2. The lowest BCUT2D eigenvalue weighted by atomic mass is 9.87. The smallest absolute Gasteiger partial charge is 0.393 e. The van der Waals surface area contributed by atoms with Gasteiger partial charge in [-0.15, -0.1) is 0 Å².